The number of halogens is 1. The van der Waals surface area contributed by atoms with Crippen LogP contribution >= 0.6 is 0 Å². The molecular formula is C9H13FN+. The van der Waals surface area contributed by atoms with E-state index in [0.717, 1.165) is 24.2 Å². The highest BCUT2D eigenvalue weighted by Crippen LogP contribution is 2.11. The molecular weight excluding hydrogens is 141 g/mol. The van der Waals surface area contributed by atoms with Crippen LogP contribution in [0.2, 0.25) is 0 Å². The van der Waals surface area contributed by atoms with Crippen LogP contribution in [-0.4, -0.2) is 13.1 Å². The van der Waals surface area contributed by atoms with E-state index in [4.69, 9.17) is 0 Å². The number of allylic oxidation sites excluding steroid dienone is 3. The molecule has 0 radical (unpaired) electrons. The molecule has 1 heterocycles. The van der Waals surface area contributed by atoms with E-state index in [-0.39, 0.29) is 5.83 Å². The second-order valence-electron chi connectivity index (χ2n) is 2.64. The SMILES string of the molecule is C=C1C[NH2+]C/C1=C/C(F)=C\C. The van der Waals surface area contributed by atoms with Crippen molar-refractivity contribution in [2.75, 3.05) is 13.1 Å². The van der Waals surface area contributed by atoms with Gasteiger partial charge in [0, 0.05) is 11.1 Å². The molecule has 1 aliphatic heterocycles. The van der Waals surface area contributed by atoms with Crippen molar-refractivity contribution in [3.8, 4) is 0 Å². The summed E-state index contributed by atoms with van der Waals surface area (Å²) in [6, 6.07) is 0. The van der Waals surface area contributed by atoms with Gasteiger partial charge in [0.25, 0.3) is 0 Å². The van der Waals surface area contributed by atoms with Gasteiger partial charge in [-0.3, -0.25) is 0 Å². The maximum absolute atomic E-state index is 12.7. The number of nitrogens with two attached hydrogens (primary N) is 1. The molecule has 0 unspecified atom stereocenters. The average Bonchev–Trinajstić information content (AvgIpc) is 2.37. The number of hydrogen-bond acceptors (Lipinski definition) is 0. The molecule has 0 bridgehead atoms. The molecule has 1 fully saturated rings. The standard InChI is InChI=1S/C9H12FN/c1-3-9(10)4-8-6-11-5-7(8)2/h3-4,11H,2,5-6H2,1H3/p+1/b8-4-,9-3+. The lowest BCUT2D eigenvalue weighted by atomic mass is 10.1. The molecule has 0 atom stereocenters. The van der Waals surface area contributed by atoms with E-state index >= 15 is 0 Å². The van der Waals surface area contributed by atoms with Gasteiger partial charge >= 0.3 is 0 Å². The summed E-state index contributed by atoms with van der Waals surface area (Å²) in [5.41, 5.74) is 2.07. The van der Waals surface area contributed by atoms with Crippen molar-refractivity contribution < 1.29 is 9.71 Å². The Morgan fingerprint density at radius 1 is 1.64 bits per heavy atom. The third-order valence-electron chi connectivity index (χ3n) is 1.80. The molecule has 0 aliphatic carbocycles. The van der Waals surface area contributed by atoms with E-state index in [2.05, 4.69) is 11.9 Å². The summed E-state index contributed by atoms with van der Waals surface area (Å²) < 4.78 is 12.7. The second-order valence-corrected chi connectivity index (χ2v) is 2.64. The van der Waals surface area contributed by atoms with E-state index in [1.54, 1.807) is 13.0 Å². The summed E-state index contributed by atoms with van der Waals surface area (Å²) in [5, 5.41) is 2.11. The molecule has 60 valence electrons. The van der Waals surface area contributed by atoms with Crippen LogP contribution in [0.5, 0.6) is 0 Å². The van der Waals surface area contributed by atoms with Crippen LogP contribution < -0.4 is 5.32 Å². The van der Waals surface area contributed by atoms with Crippen molar-refractivity contribution in [2.24, 2.45) is 0 Å². The Bertz CT molecular complexity index is 226. The first-order valence-electron chi connectivity index (χ1n) is 3.76. The molecule has 11 heavy (non-hydrogen) atoms. The van der Waals surface area contributed by atoms with Gasteiger partial charge in [0.2, 0.25) is 0 Å². The van der Waals surface area contributed by atoms with Crippen molar-refractivity contribution in [3.63, 3.8) is 0 Å². The monoisotopic (exact) mass is 154 g/mol. The van der Waals surface area contributed by atoms with E-state index in [1.165, 1.54) is 6.08 Å². The van der Waals surface area contributed by atoms with Gasteiger partial charge in [-0.2, -0.15) is 0 Å². The van der Waals surface area contributed by atoms with Gasteiger partial charge in [-0.25, -0.2) is 4.39 Å². The first-order chi connectivity index (χ1) is 5.24. The van der Waals surface area contributed by atoms with Crippen LogP contribution in [0.15, 0.2) is 35.7 Å². The predicted molar refractivity (Wildman–Crippen MR) is 43.7 cm³/mol. The molecule has 0 aromatic heterocycles. The Labute approximate surface area is 66.3 Å². The first-order valence-corrected chi connectivity index (χ1v) is 3.76. The maximum atomic E-state index is 12.7. The number of quaternary nitrogens is 1. The van der Waals surface area contributed by atoms with Crippen LogP contribution in [0.4, 0.5) is 4.39 Å². The molecule has 1 saturated heterocycles. The molecule has 2 N–H and O–H groups in total. The lowest BCUT2D eigenvalue weighted by Crippen LogP contribution is -2.81. The van der Waals surface area contributed by atoms with Gasteiger partial charge in [-0.15, -0.1) is 0 Å². The van der Waals surface area contributed by atoms with Crippen LogP contribution in [0.3, 0.4) is 0 Å². The largest absolute Gasteiger partial charge is 0.339 e. The summed E-state index contributed by atoms with van der Waals surface area (Å²) >= 11 is 0. The summed E-state index contributed by atoms with van der Waals surface area (Å²) in [5.74, 6) is -0.170. The molecule has 0 aromatic rings. The molecule has 1 nitrogen and oxygen atoms in total. The zero-order valence-electron chi connectivity index (χ0n) is 6.73. The van der Waals surface area contributed by atoms with Crippen LogP contribution in [0.25, 0.3) is 0 Å². The van der Waals surface area contributed by atoms with Gasteiger partial charge in [0.05, 0.1) is 0 Å². The molecule has 0 aromatic carbocycles. The fourth-order valence-corrected chi connectivity index (χ4v) is 1.09. The van der Waals surface area contributed by atoms with Gasteiger partial charge < -0.3 is 5.32 Å². The van der Waals surface area contributed by atoms with Crippen molar-refractivity contribution in [3.05, 3.63) is 35.7 Å². The molecule has 0 saturated carbocycles. The smallest absolute Gasteiger partial charge is 0.119 e. The average molecular weight is 154 g/mol. The van der Waals surface area contributed by atoms with Crippen LogP contribution in [0.1, 0.15) is 6.92 Å². The Hall–Kier alpha value is -0.890. The van der Waals surface area contributed by atoms with Gasteiger partial charge in [0.15, 0.2) is 0 Å². The molecule has 2 heteroatoms. The van der Waals surface area contributed by atoms with Crippen molar-refractivity contribution in [1.29, 1.82) is 0 Å². The van der Waals surface area contributed by atoms with Crippen molar-refractivity contribution in [1.82, 2.24) is 0 Å². The lowest BCUT2D eigenvalue weighted by molar-refractivity contribution is -0.628. The third kappa shape index (κ3) is 2.02. The Balaban J connectivity index is 2.73. The minimum absolute atomic E-state index is 0.170. The zero-order chi connectivity index (χ0) is 8.27. The highest BCUT2D eigenvalue weighted by molar-refractivity contribution is 5.35. The van der Waals surface area contributed by atoms with E-state index in [1.807, 2.05) is 0 Å². The van der Waals surface area contributed by atoms with Gasteiger partial charge in [-0.05, 0) is 13.0 Å². The minimum Gasteiger partial charge on any atom is -0.339 e. The molecule has 0 amide bonds. The summed E-state index contributed by atoms with van der Waals surface area (Å²) in [6.45, 7) is 7.28. The fourth-order valence-electron chi connectivity index (χ4n) is 1.09. The highest BCUT2D eigenvalue weighted by atomic mass is 19.1. The second kappa shape index (κ2) is 3.49. The summed E-state index contributed by atoms with van der Waals surface area (Å²) in [4.78, 5) is 0. The summed E-state index contributed by atoms with van der Waals surface area (Å²) in [7, 11) is 0. The molecule has 1 aliphatic rings. The van der Waals surface area contributed by atoms with E-state index in [9.17, 15) is 4.39 Å². The predicted octanol–water partition coefficient (Wildman–Crippen LogP) is 0.919. The quantitative estimate of drug-likeness (QED) is 0.578. The Kier molecular flexibility index (Phi) is 2.60. The Morgan fingerprint density at radius 3 is 2.82 bits per heavy atom. The zero-order valence-corrected chi connectivity index (χ0v) is 6.73. The highest BCUT2D eigenvalue weighted by Gasteiger charge is 2.14. The maximum Gasteiger partial charge on any atom is 0.119 e. The number of rotatable bonds is 1. The van der Waals surface area contributed by atoms with E-state index < -0.39 is 0 Å². The Morgan fingerprint density at radius 2 is 2.36 bits per heavy atom. The van der Waals surface area contributed by atoms with Crippen molar-refractivity contribution >= 4 is 0 Å². The minimum atomic E-state index is -0.170. The van der Waals surface area contributed by atoms with Crippen molar-refractivity contribution in [2.45, 2.75) is 6.92 Å². The first kappa shape index (κ1) is 8.21. The third-order valence-corrected chi connectivity index (χ3v) is 1.80. The number of hydrogen-bond donors (Lipinski definition) is 1. The molecule has 0 spiro atoms. The normalized spacial score (nSPS) is 23.3. The van der Waals surface area contributed by atoms with E-state index in [0.29, 0.717) is 0 Å². The van der Waals surface area contributed by atoms with Gasteiger partial charge in [-0.1, -0.05) is 12.7 Å². The molecule has 1 rings (SSSR count). The van der Waals surface area contributed by atoms with Crippen LogP contribution in [0, 0.1) is 0 Å². The summed E-state index contributed by atoms with van der Waals surface area (Å²) in [6.07, 6.45) is 3.02. The topological polar surface area (TPSA) is 16.6 Å². The lowest BCUT2D eigenvalue weighted by Gasteiger charge is -1.90. The fraction of sp³-hybridized carbons (Fsp3) is 0.333. The van der Waals surface area contributed by atoms with Crippen LogP contribution in [-0.2, 0) is 0 Å². The van der Waals surface area contributed by atoms with Gasteiger partial charge in [0.1, 0.15) is 18.9 Å².